The number of nitrogens with two attached hydrogens (primary N) is 1. The minimum atomic E-state index is -0.565. The lowest BCUT2D eigenvalue weighted by Crippen LogP contribution is -2.12. The molecule has 0 radical (unpaired) electrons. The van der Waals surface area contributed by atoms with Crippen LogP contribution in [0, 0.1) is 0 Å². The molecular formula is C10H12N6O. The first-order valence-corrected chi connectivity index (χ1v) is 5.12. The van der Waals surface area contributed by atoms with Crippen LogP contribution >= 0.6 is 0 Å². The molecule has 0 atom stereocenters. The van der Waals surface area contributed by atoms with Gasteiger partial charge in [0.1, 0.15) is 17.8 Å². The van der Waals surface area contributed by atoms with Crippen LogP contribution in [-0.2, 0) is 0 Å². The van der Waals surface area contributed by atoms with Crippen LogP contribution in [0.1, 0.15) is 17.4 Å². The van der Waals surface area contributed by atoms with Gasteiger partial charge in [0.25, 0.3) is 5.91 Å². The highest BCUT2D eigenvalue weighted by molar-refractivity contribution is 5.90. The number of aromatic nitrogens is 4. The van der Waals surface area contributed by atoms with E-state index in [-0.39, 0.29) is 5.69 Å². The molecule has 17 heavy (non-hydrogen) atoms. The number of rotatable bonds is 4. The van der Waals surface area contributed by atoms with Gasteiger partial charge in [0.05, 0.1) is 0 Å². The smallest absolute Gasteiger partial charge is 0.269 e. The molecule has 88 valence electrons. The third kappa shape index (κ3) is 2.39. The van der Waals surface area contributed by atoms with E-state index >= 15 is 0 Å². The Hall–Kier alpha value is -2.44. The minimum absolute atomic E-state index is 0.202. The van der Waals surface area contributed by atoms with Gasteiger partial charge in [-0.05, 0) is 13.0 Å². The molecule has 2 heterocycles. The van der Waals surface area contributed by atoms with E-state index in [1.165, 1.54) is 17.1 Å². The number of hydrogen-bond acceptors (Lipinski definition) is 5. The van der Waals surface area contributed by atoms with Crippen LogP contribution in [0.5, 0.6) is 0 Å². The fourth-order valence-corrected chi connectivity index (χ4v) is 1.33. The van der Waals surface area contributed by atoms with Crippen molar-refractivity contribution in [2.45, 2.75) is 6.92 Å². The molecule has 2 aromatic rings. The van der Waals surface area contributed by atoms with Crippen LogP contribution in [0.25, 0.3) is 5.82 Å². The molecule has 2 aromatic heterocycles. The van der Waals surface area contributed by atoms with Crippen molar-refractivity contribution in [3.63, 3.8) is 0 Å². The molecular weight excluding hydrogens is 220 g/mol. The summed E-state index contributed by atoms with van der Waals surface area (Å²) in [5, 5.41) is 7.07. The molecule has 0 bridgehead atoms. The average molecular weight is 232 g/mol. The van der Waals surface area contributed by atoms with Gasteiger partial charge in [0.15, 0.2) is 5.82 Å². The first kappa shape index (κ1) is 11.1. The van der Waals surface area contributed by atoms with Crippen molar-refractivity contribution in [2.75, 3.05) is 11.9 Å². The van der Waals surface area contributed by atoms with E-state index in [0.29, 0.717) is 11.6 Å². The third-order valence-electron chi connectivity index (χ3n) is 2.09. The predicted molar refractivity (Wildman–Crippen MR) is 61.8 cm³/mol. The zero-order valence-electron chi connectivity index (χ0n) is 9.29. The van der Waals surface area contributed by atoms with Gasteiger partial charge in [-0.15, -0.1) is 0 Å². The van der Waals surface area contributed by atoms with E-state index in [9.17, 15) is 4.79 Å². The van der Waals surface area contributed by atoms with Crippen molar-refractivity contribution in [2.24, 2.45) is 5.73 Å². The molecule has 0 saturated heterocycles. The fourth-order valence-electron chi connectivity index (χ4n) is 1.33. The van der Waals surface area contributed by atoms with Crippen LogP contribution in [0.15, 0.2) is 24.7 Å². The molecule has 1 amide bonds. The summed E-state index contributed by atoms with van der Waals surface area (Å²) in [6, 6.07) is 3.28. The summed E-state index contributed by atoms with van der Waals surface area (Å²) < 4.78 is 1.47. The number of amides is 1. The van der Waals surface area contributed by atoms with E-state index in [1.54, 1.807) is 12.3 Å². The molecule has 0 spiro atoms. The number of nitrogens with zero attached hydrogens (tertiary/aromatic N) is 4. The molecule has 0 unspecified atom stereocenters. The SMILES string of the molecule is CCNc1cc(-n2ccc(C(N)=O)n2)ncn1. The van der Waals surface area contributed by atoms with E-state index in [2.05, 4.69) is 20.4 Å². The number of hydrogen-bond donors (Lipinski definition) is 2. The van der Waals surface area contributed by atoms with E-state index in [4.69, 9.17) is 5.73 Å². The molecule has 0 aliphatic rings. The molecule has 7 nitrogen and oxygen atoms in total. The second kappa shape index (κ2) is 4.60. The Labute approximate surface area is 97.7 Å². The van der Waals surface area contributed by atoms with E-state index < -0.39 is 5.91 Å². The second-order valence-electron chi connectivity index (χ2n) is 3.30. The topological polar surface area (TPSA) is 98.7 Å². The Kier molecular flexibility index (Phi) is 2.99. The van der Waals surface area contributed by atoms with Gasteiger partial charge in [0, 0.05) is 18.8 Å². The lowest BCUT2D eigenvalue weighted by Gasteiger charge is -2.04. The Balaban J connectivity index is 2.31. The highest BCUT2D eigenvalue weighted by atomic mass is 16.1. The maximum absolute atomic E-state index is 10.9. The number of carbonyl (C=O) groups is 1. The normalized spacial score (nSPS) is 10.2. The number of anilines is 1. The van der Waals surface area contributed by atoms with Crippen LogP contribution < -0.4 is 11.1 Å². The summed E-state index contributed by atoms with van der Waals surface area (Å²) in [7, 11) is 0. The van der Waals surface area contributed by atoms with Crippen molar-refractivity contribution < 1.29 is 4.79 Å². The molecule has 0 aliphatic heterocycles. The maximum atomic E-state index is 10.9. The van der Waals surface area contributed by atoms with E-state index in [1.807, 2.05) is 6.92 Å². The molecule has 0 saturated carbocycles. The Morgan fingerprint density at radius 1 is 1.53 bits per heavy atom. The Bertz CT molecular complexity index is 535. The van der Waals surface area contributed by atoms with Crippen molar-refractivity contribution >= 4 is 11.7 Å². The molecule has 2 rings (SSSR count). The third-order valence-corrected chi connectivity index (χ3v) is 2.09. The Morgan fingerprint density at radius 3 is 3.00 bits per heavy atom. The standard InChI is InChI=1S/C10H12N6O/c1-2-12-8-5-9(14-6-13-8)16-4-3-7(15-16)10(11)17/h3-6H,2H2,1H3,(H2,11,17)(H,12,13,14). The van der Waals surface area contributed by atoms with Gasteiger partial charge in [-0.1, -0.05) is 0 Å². The number of primary amides is 1. The van der Waals surface area contributed by atoms with Crippen molar-refractivity contribution in [1.29, 1.82) is 0 Å². The van der Waals surface area contributed by atoms with Gasteiger partial charge in [-0.3, -0.25) is 4.79 Å². The maximum Gasteiger partial charge on any atom is 0.269 e. The summed E-state index contributed by atoms with van der Waals surface area (Å²) in [5.41, 5.74) is 5.33. The van der Waals surface area contributed by atoms with Crippen LogP contribution in [0.3, 0.4) is 0 Å². The summed E-state index contributed by atoms with van der Waals surface area (Å²) >= 11 is 0. The summed E-state index contributed by atoms with van der Waals surface area (Å²) in [6.07, 6.45) is 3.05. The van der Waals surface area contributed by atoms with Gasteiger partial charge >= 0.3 is 0 Å². The van der Waals surface area contributed by atoms with E-state index in [0.717, 1.165) is 6.54 Å². The molecule has 3 N–H and O–H groups in total. The summed E-state index contributed by atoms with van der Waals surface area (Å²) in [6.45, 7) is 2.74. The average Bonchev–Trinajstić information content (AvgIpc) is 2.79. The molecule has 0 fully saturated rings. The van der Waals surface area contributed by atoms with Crippen LogP contribution in [0.4, 0.5) is 5.82 Å². The zero-order valence-corrected chi connectivity index (χ0v) is 9.29. The summed E-state index contributed by atoms with van der Waals surface area (Å²) in [4.78, 5) is 19.0. The van der Waals surface area contributed by atoms with Crippen molar-refractivity contribution in [3.8, 4) is 5.82 Å². The van der Waals surface area contributed by atoms with Crippen LogP contribution in [0.2, 0.25) is 0 Å². The van der Waals surface area contributed by atoms with Gasteiger partial charge in [-0.2, -0.15) is 5.10 Å². The predicted octanol–water partition coefficient (Wildman–Crippen LogP) is 0.193. The lowest BCUT2D eigenvalue weighted by molar-refractivity contribution is 0.0995. The first-order valence-electron chi connectivity index (χ1n) is 5.12. The highest BCUT2D eigenvalue weighted by Gasteiger charge is 2.07. The van der Waals surface area contributed by atoms with Crippen molar-refractivity contribution in [1.82, 2.24) is 19.7 Å². The fraction of sp³-hybridized carbons (Fsp3) is 0.200. The quantitative estimate of drug-likeness (QED) is 0.784. The lowest BCUT2D eigenvalue weighted by atomic mass is 10.4. The zero-order chi connectivity index (χ0) is 12.3. The summed E-state index contributed by atoms with van der Waals surface area (Å²) in [5.74, 6) is 0.710. The second-order valence-corrected chi connectivity index (χ2v) is 3.30. The van der Waals surface area contributed by atoms with Gasteiger partial charge < -0.3 is 11.1 Å². The monoisotopic (exact) mass is 232 g/mol. The molecule has 0 aliphatic carbocycles. The molecule has 7 heteroatoms. The number of carbonyl (C=O) groups excluding carboxylic acids is 1. The van der Waals surface area contributed by atoms with Crippen molar-refractivity contribution in [3.05, 3.63) is 30.4 Å². The minimum Gasteiger partial charge on any atom is -0.370 e. The largest absolute Gasteiger partial charge is 0.370 e. The van der Waals surface area contributed by atoms with Gasteiger partial charge in [-0.25, -0.2) is 14.6 Å². The molecule has 0 aromatic carbocycles. The highest BCUT2D eigenvalue weighted by Crippen LogP contribution is 2.08. The Morgan fingerprint density at radius 2 is 2.35 bits per heavy atom. The van der Waals surface area contributed by atoms with Gasteiger partial charge in [0.2, 0.25) is 0 Å². The first-order chi connectivity index (χ1) is 8.20. The van der Waals surface area contributed by atoms with Crippen LogP contribution in [-0.4, -0.2) is 32.2 Å². The number of nitrogens with one attached hydrogen (secondary N) is 1.